The van der Waals surface area contributed by atoms with E-state index in [4.69, 9.17) is 14.2 Å². The summed E-state index contributed by atoms with van der Waals surface area (Å²) < 4.78 is 15.5. The lowest BCUT2D eigenvalue weighted by atomic mass is 9.99. The molecule has 0 aromatic heterocycles. The van der Waals surface area contributed by atoms with Crippen molar-refractivity contribution in [3.05, 3.63) is 71.8 Å². The first-order valence-electron chi connectivity index (χ1n) is 10.7. The van der Waals surface area contributed by atoms with Gasteiger partial charge in [-0.15, -0.1) is 0 Å². The third-order valence-corrected chi connectivity index (χ3v) is 4.56. The summed E-state index contributed by atoms with van der Waals surface area (Å²) in [5.74, 6) is -0.643. The number of esters is 1. The highest BCUT2D eigenvalue weighted by Gasteiger charge is 2.28. The molecule has 0 aliphatic rings. The number of carbonyl (C=O) groups is 3. The van der Waals surface area contributed by atoms with E-state index in [1.165, 1.54) is 7.11 Å². The van der Waals surface area contributed by atoms with Crippen LogP contribution in [-0.2, 0) is 32.0 Å². The monoisotopic (exact) mass is 456 g/mol. The van der Waals surface area contributed by atoms with Gasteiger partial charge < -0.3 is 24.8 Å². The molecule has 8 nitrogen and oxygen atoms in total. The van der Waals surface area contributed by atoms with E-state index in [0.717, 1.165) is 11.1 Å². The first kappa shape index (κ1) is 25.7. The summed E-state index contributed by atoms with van der Waals surface area (Å²) in [6.07, 6.45) is -0.862. The van der Waals surface area contributed by atoms with Gasteiger partial charge in [-0.25, -0.2) is 14.4 Å². The minimum Gasteiger partial charge on any atom is -0.467 e. The largest absolute Gasteiger partial charge is 0.467 e. The van der Waals surface area contributed by atoms with Crippen LogP contribution >= 0.6 is 0 Å². The Labute approximate surface area is 194 Å². The van der Waals surface area contributed by atoms with Crippen LogP contribution in [0, 0.1) is 0 Å². The summed E-state index contributed by atoms with van der Waals surface area (Å²) in [4.78, 5) is 37.1. The molecular formula is C25H32N2O6. The van der Waals surface area contributed by atoms with Gasteiger partial charge in [-0.3, -0.25) is 0 Å². The van der Waals surface area contributed by atoms with Crippen LogP contribution in [-0.4, -0.2) is 43.0 Å². The molecule has 0 fully saturated rings. The van der Waals surface area contributed by atoms with Crippen molar-refractivity contribution in [2.75, 3.05) is 7.11 Å². The second-order valence-corrected chi connectivity index (χ2v) is 8.55. The Morgan fingerprint density at radius 2 is 1.42 bits per heavy atom. The quantitative estimate of drug-likeness (QED) is 0.437. The topological polar surface area (TPSA) is 103 Å². The Balaban J connectivity index is 2.08. The zero-order chi connectivity index (χ0) is 24.3. The number of ether oxygens (including phenoxy) is 3. The molecule has 178 valence electrons. The molecule has 2 aromatic carbocycles. The maximum Gasteiger partial charge on any atom is 0.408 e. The van der Waals surface area contributed by atoms with Gasteiger partial charge in [0, 0.05) is 6.04 Å². The van der Waals surface area contributed by atoms with Gasteiger partial charge in [-0.2, -0.15) is 0 Å². The predicted molar refractivity (Wildman–Crippen MR) is 123 cm³/mol. The highest BCUT2D eigenvalue weighted by molar-refractivity contribution is 5.81. The third-order valence-electron chi connectivity index (χ3n) is 4.56. The van der Waals surface area contributed by atoms with E-state index in [2.05, 4.69) is 10.6 Å². The van der Waals surface area contributed by atoms with E-state index in [1.807, 2.05) is 60.7 Å². The van der Waals surface area contributed by atoms with Gasteiger partial charge in [0.1, 0.15) is 18.2 Å². The van der Waals surface area contributed by atoms with Crippen LogP contribution < -0.4 is 10.6 Å². The van der Waals surface area contributed by atoms with Gasteiger partial charge in [-0.05, 0) is 44.7 Å². The Kier molecular flexibility index (Phi) is 9.72. The van der Waals surface area contributed by atoms with E-state index >= 15 is 0 Å². The maximum atomic E-state index is 12.4. The van der Waals surface area contributed by atoms with Crippen molar-refractivity contribution in [1.29, 1.82) is 0 Å². The van der Waals surface area contributed by atoms with E-state index in [1.54, 1.807) is 20.8 Å². The number of nitrogens with one attached hydrogen (secondary N) is 2. The lowest BCUT2D eigenvalue weighted by Gasteiger charge is -2.26. The molecule has 0 spiro atoms. The lowest BCUT2D eigenvalue weighted by molar-refractivity contribution is -0.143. The number of hydrogen-bond donors (Lipinski definition) is 2. The normalized spacial score (nSPS) is 12.7. The van der Waals surface area contributed by atoms with Crippen LogP contribution in [0.1, 0.15) is 38.3 Å². The number of rotatable bonds is 9. The van der Waals surface area contributed by atoms with E-state index in [-0.39, 0.29) is 13.0 Å². The van der Waals surface area contributed by atoms with Gasteiger partial charge in [-0.1, -0.05) is 60.7 Å². The van der Waals surface area contributed by atoms with E-state index < -0.39 is 35.8 Å². The van der Waals surface area contributed by atoms with Crippen molar-refractivity contribution in [1.82, 2.24) is 10.6 Å². The molecule has 2 amide bonds. The highest BCUT2D eigenvalue weighted by atomic mass is 16.6. The summed E-state index contributed by atoms with van der Waals surface area (Å²) >= 11 is 0. The third kappa shape index (κ3) is 10.1. The number of benzene rings is 2. The van der Waals surface area contributed by atoms with Crippen molar-refractivity contribution in [2.24, 2.45) is 0 Å². The van der Waals surface area contributed by atoms with Gasteiger partial charge in [0.15, 0.2) is 0 Å². The molecule has 0 radical (unpaired) electrons. The Morgan fingerprint density at radius 3 is 1.97 bits per heavy atom. The fourth-order valence-corrected chi connectivity index (χ4v) is 3.11. The van der Waals surface area contributed by atoms with E-state index in [0.29, 0.717) is 6.42 Å². The number of amides is 2. The molecule has 0 aliphatic heterocycles. The molecule has 2 rings (SSSR count). The fourth-order valence-electron chi connectivity index (χ4n) is 3.11. The van der Waals surface area contributed by atoms with Crippen LogP contribution in [0.3, 0.4) is 0 Å². The number of hydrogen-bond acceptors (Lipinski definition) is 6. The average molecular weight is 457 g/mol. The zero-order valence-electron chi connectivity index (χ0n) is 19.5. The molecule has 2 aromatic rings. The van der Waals surface area contributed by atoms with Crippen molar-refractivity contribution in [2.45, 2.75) is 57.9 Å². The summed E-state index contributed by atoms with van der Waals surface area (Å²) in [5, 5.41) is 5.35. The predicted octanol–water partition coefficient (Wildman–Crippen LogP) is 3.98. The number of alkyl carbamates (subject to hydrolysis) is 2. The molecular weight excluding hydrogens is 424 g/mol. The second-order valence-electron chi connectivity index (χ2n) is 8.55. The van der Waals surface area contributed by atoms with Crippen molar-refractivity contribution in [3.63, 3.8) is 0 Å². The summed E-state index contributed by atoms with van der Waals surface area (Å²) in [5.41, 5.74) is 1.09. The Morgan fingerprint density at radius 1 is 0.848 bits per heavy atom. The van der Waals surface area contributed by atoms with Crippen LogP contribution in [0.15, 0.2) is 60.7 Å². The second kappa shape index (κ2) is 12.5. The SMILES string of the molecule is COC(=O)[C@H](C[C@H](Cc1ccccc1)NC(=O)OC(C)(C)C)NC(=O)OCc1ccccc1. The molecule has 33 heavy (non-hydrogen) atoms. The van der Waals surface area contributed by atoms with Gasteiger partial charge in [0.25, 0.3) is 0 Å². The molecule has 2 N–H and O–H groups in total. The number of carbonyl (C=O) groups excluding carboxylic acids is 3. The smallest absolute Gasteiger partial charge is 0.408 e. The average Bonchev–Trinajstić information content (AvgIpc) is 2.76. The molecule has 0 saturated heterocycles. The van der Waals surface area contributed by atoms with Crippen LogP contribution in [0.25, 0.3) is 0 Å². The fraction of sp³-hybridized carbons (Fsp3) is 0.400. The minimum absolute atomic E-state index is 0.0597. The minimum atomic E-state index is -1.03. The Hall–Kier alpha value is -3.55. The molecule has 0 aliphatic carbocycles. The van der Waals surface area contributed by atoms with E-state index in [9.17, 15) is 14.4 Å². The number of methoxy groups -OCH3 is 1. The molecule has 0 saturated carbocycles. The molecule has 0 heterocycles. The molecule has 0 unspecified atom stereocenters. The van der Waals surface area contributed by atoms with Crippen molar-refractivity contribution < 1.29 is 28.6 Å². The summed E-state index contributed by atoms with van der Waals surface area (Å²) in [7, 11) is 1.24. The van der Waals surface area contributed by atoms with Crippen LogP contribution in [0.2, 0.25) is 0 Å². The first-order valence-corrected chi connectivity index (χ1v) is 10.7. The van der Waals surface area contributed by atoms with Gasteiger partial charge in [0.05, 0.1) is 7.11 Å². The van der Waals surface area contributed by atoms with Crippen LogP contribution in [0.4, 0.5) is 9.59 Å². The maximum absolute atomic E-state index is 12.4. The molecule has 0 bridgehead atoms. The highest BCUT2D eigenvalue weighted by Crippen LogP contribution is 2.12. The summed E-state index contributed by atoms with van der Waals surface area (Å²) in [6, 6.07) is 17.1. The standard InChI is InChI=1S/C25H32N2O6/c1-25(2,3)33-24(30)26-20(15-18-11-7-5-8-12-18)16-21(22(28)31-4)27-23(29)32-17-19-13-9-6-10-14-19/h5-14,20-21H,15-17H2,1-4H3,(H,26,30)(H,27,29)/t20-,21-/m0/s1. The van der Waals surface area contributed by atoms with Crippen molar-refractivity contribution >= 4 is 18.2 Å². The van der Waals surface area contributed by atoms with Crippen LogP contribution in [0.5, 0.6) is 0 Å². The van der Waals surface area contributed by atoms with Gasteiger partial charge >= 0.3 is 18.2 Å². The molecule has 8 heteroatoms. The van der Waals surface area contributed by atoms with Crippen molar-refractivity contribution in [3.8, 4) is 0 Å². The lowest BCUT2D eigenvalue weighted by Crippen LogP contribution is -2.48. The Bertz CT molecular complexity index is 896. The summed E-state index contributed by atoms with van der Waals surface area (Å²) in [6.45, 7) is 5.35. The molecule has 2 atom stereocenters. The first-order chi connectivity index (χ1) is 15.7. The van der Waals surface area contributed by atoms with Gasteiger partial charge in [0.2, 0.25) is 0 Å². The zero-order valence-corrected chi connectivity index (χ0v) is 19.5.